The van der Waals surface area contributed by atoms with Gasteiger partial charge in [-0.05, 0) is 24.5 Å². The van der Waals surface area contributed by atoms with Crippen molar-refractivity contribution in [1.82, 2.24) is 15.2 Å². The molecular formula is C15H22N4O. The second kappa shape index (κ2) is 5.79. The fraction of sp³-hybridized carbons (Fsp3) is 0.600. The molecule has 2 heterocycles. The number of anilines is 1. The van der Waals surface area contributed by atoms with E-state index in [4.69, 9.17) is 0 Å². The highest BCUT2D eigenvalue weighted by atomic mass is 16.2. The van der Waals surface area contributed by atoms with Crippen LogP contribution in [-0.4, -0.2) is 48.0 Å². The van der Waals surface area contributed by atoms with Crippen LogP contribution in [0.25, 0.3) is 0 Å². The Morgan fingerprint density at radius 3 is 2.60 bits per heavy atom. The van der Waals surface area contributed by atoms with Crippen LogP contribution in [0.2, 0.25) is 0 Å². The maximum absolute atomic E-state index is 11.3. The van der Waals surface area contributed by atoms with Crippen molar-refractivity contribution in [3.05, 3.63) is 23.9 Å². The molecule has 5 heteroatoms. The van der Waals surface area contributed by atoms with Gasteiger partial charge in [-0.2, -0.15) is 0 Å². The van der Waals surface area contributed by atoms with Gasteiger partial charge in [-0.25, -0.2) is 4.98 Å². The topological polar surface area (TPSA) is 48.5 Å². The number of rotatable bonds is 4. The predicted molar refractivity (Wildman–Crippen MR) is 78.6 cm³/mol. The zero-order chi connectivity index (χ0) is 13.9. The van der Waals surface area contributed by atoms with Crippen molar-refractivity contribution in [1.29, 1.82) is 0 Å². The highest BCUT2D eigenvalue weighted by Crippen LogP contribution is 2.19. The van der Waals surface area contributed by atoms with Gasteiger partial charge in [-0.15, -0.1) is 0 Å². The Kier molecular flexibility index (Phi) is 3.87. The van der Waals surface area contributed by atoms with Crippen LogP contribution in [0.5, 0.6) is 0 Å². The van der Waals surface area contributed by atoms with Crippen LogP contribution in [0.1, 0.15) is 25.3 Å². The average molecular weight is 274 g/mol. The summed E-state index contributed by atoms with van der Waals surface area (Å²) in [7, 11) is 0. The summed E-state index contributed by atoms with van der Waals surface area (Å²) in [5, 5.41) is 3.49. The number of nitrogens with one attached hydrogen (secondary N) is 1. The molecule has 1 aromatic rings. The summed E-state index contributed by atoms with van der Waals surface area (Å²) in [6.45, 7) is 5.87. The van der Waals surface area contributed by atoms with Crippen LogP contribution < -0.4 is 10.2 Å². The van der Waals surface area contributed by atoms with Gasteiger partial charge in [-0.1, -0.05) is 6.07 Å². The zero-order valence-corrected chi connectivity index (χ0v) is 12.0. The lowest BCUT2D eigenvalue weighted by Crippen LogP contribution is -2.48. The van der Waals surface area contributed by atoms with E-state index in [1.54, 1.807) is 6.92 Å². The van der Waals surface area contributed by atoms with Crippen LogP contribution in [0.4, 0.5) is 5.82 Å². The minimum atomic E-state index is 0.166. The Balaban J connectivity index is 1.53. The Hall–Kier alpha value is -1.62. The van der Waals surface area contributed by atoms with Gasteiger partial charge in [-0.3, -0.25) is 4.79 Å². The summed E-state index contributed by atoms with van der Waals surface area (Å²) in [4.78, 5) is 20.0. The molecule has 5 nitrogen and oxygen atoms in total. The van der Waals surface area contributed by atoms with Crippen LogP contribution in [0.3, 0.4) is 0 Å². The Labute approximate surface area is 120 Å². The van der Waals surface area contributed by atoms with Gasteiger partial charge in [0.1, 0.15) is 5.82 Å². The third-order valence-electron chi connectivity index (χ3n) is 4.03. The highest BCUT2D eigenvalue weighted by molar-refractivity contribution is 5.73. The van der Waals surface area contributed by atoms with E-state index in [2.05, 4.69) is 27.3 Å². The van der Waals surface area contributed by atoms with Crippen molar-refractivity contribution in [3.63, 3.8) is 0 Å². The lowest BCUT2D eigenvalue weighted by molar-refractivity contribution is -0.129. The normalized spacial score (nSPS) is 19.2. The number of aromatic nitrogens is 1. The molecule has 1 aromatic heterocycles. The molecule has 1 aliphatic heterocycles. The number of pyridine rings is 1. The maximum Gasteiger partial charge on any atom is 0.219 e. The highest BCUT2D eigenvalue weighted by Gasteiger charge is 2.21. The van der Waals surface area contributed by atoms with Crippen LogP contribution >= 0.6 is 0 Å². The van der Waals surface area contributed by atoms with Crippen molar-refractivity contribution in [2.24, 2.45) is 0 Å². The van der Waals surface area contributed by atoms with Gasteiger partial charge in [0, 0.05) is 51.9 Å². The molecule has 1 aliphatic carbocycles. The molecule has 0 unspecified atom stereocenters. The van der Waals surface area contributed by atoms with E-state index in [1.807, 2.05) is 11.1 Å². The second-order valence-electron chi connectivity index (χ2n) is 5.67. The molecule has 2 aliphatic rings. The van der Waals surface area contributed by atoms with Gasteiger partial charge in [0.2, 0.25) is 5.91 Å². The summed E-state index contributed by atoms with van der Waals surface area (Å²) in [5.74, 6) is 1.18. The standard InChI is InChI=1S/C15H22N4O/c1-12(20)18-6-8-19(9-7-18)15-5-2-13(11-17-15)10-16-14-3-4-14/h2,5,11,14,16H,3-4,6-10H2,1H3. The minimum absolute atomic E-state index is 0.166. The summed E-state index contributed by atoms with van der Waals surface area (Å²) >= 11 is 0. The lowest BCUT2D eigenvalue weighted by Gasteiger charge is -2.34. The predicted octanol–water partition coefficient (Wildman–Crippen LogP) is 1.00. The number of carbonyl (C=O) groups excluding carboxylic acids is 1. The first kappa shape index (κ1) is 13.4. The summed E-state index contributed by atoms with van der Waals surface area (Å²) < 4.78 is 0. The number of piperazine rings is 1. The number of nitrogens with zero attached hydrogens (tertiary/aromatic N) is 3. The van der Waals surface area contributed by atoms with Crippen molar-refractivity contribution in [2.45, 2.75) is 32.4 Å². The van der Waals surface area contributed by atoms with E-state index in [0.717, 1.165) is 44.6 Å². The average Bonchev–Trinajstić information content (AvgIpc) is 3.30. The lowest BCUT2D eigenvalue weighted by atomic mass is 10.2. The van der Waals surface area contributed by atoms with E-state index in [-0.39, 0.29) is 5.91 Å². The van der Waals surface area contributed by atoms with Crippen molar-refractivity contribution >= 4 is 11.7 Å². The number of hydrogen-bond donors (Lipinski definition) is 1. The third-order valence-corrected chi connectivity index (χ3v) is 4.03. The molecule has 0 spiro atoms. The van der Waals surface area contributed by atoms with Crippen molar-refractivity contribution < 1.29 is 4.79 Å². The molecule has 2 fully saturated rings. The first-order valence-electron chi connectivity index (χ1n) is 7.41. The van der Waals surface area contributed by atoms with E-state index in [0.29, 0.717) is 0 Å². The maximum atomic E-state index is 11.3. The Morgan fingerprint density at radius 1 is 1.30 bits per heavy atom. The molecule has 3 rings (SSSR count). The van der Waals surface area contributed by atoms with Crippen molar-refractivity contribution in [3.8, 4) is 0 Å². The van der Waals surface area contributed by atoms with E-state index in [9.17, 15) is 4.79 Å². The molecule has 0 atom stereocenters. The molecule has 0 aromatic carbocycles. The van der Waals surface area contributed by atoms with E-state index in [1.165, 1.54) is 18.4 Å². The van der Waals surface area contributed by atoms with Crippen LogP contribution in [-0.2, 0) is 11.3 Å². The summed E-state index contributed by atoms with van der Waals surface area (Å²) in [6, 6.07) is 4.97. The Bertz CT molecular complexity index is 461. The van der Waals surface area contributed by atoms with Gasteiger partial charge in [0.25, 0.3) is 0 Å². The molecule has 1 saturated heterocycles. The van der Waals surface area contributed by atoms with Crippen LogP contribution in [0, 0.1) is 0 Å². The zero-order valence-electron chi connectivity index (χ0n) is 12.0. The largest absolute Gasteiger partial charge is 0.353 e. The molecule has 0 bridgehead atoms. The molecule has 1 saturated carbocycles. The quantitative estimate of drug-likeness (QED) is 0.890. The number of amides is 1. The molecule has 1 amide bonds. The number of hydrogen-bond acceptors (Lipinski definition) is 4. The fourth-order valence-electron chi connectivity index (χ4n) is 2.51. The first-order valence-corrected chi connectivity index (χ1v) is 7.41. The van der Waals surface area contributed by atoms with Gasteiger partial charge >= 0.3 is 0 Å². The molecule has 20 heavy (non-hydrogen) atoms. The van der Waals surface area contributed by atoms with Gasteiger partial charge in [0.05, 0.1) is 0 Å². The second-order valence-corrected chi connectivity index (χ2v) is 5.67. The first-order chi connectivity index (χ1) is 9.72. The Morgan fingerprint density at radius 2 is 2.05 bits per heavy atom. The van der Waals surface area contributed by atoms with Crippen LogP contribution in [0.15, 0.2) is 18.3 Å². The van der Waals surface area contributed by atoms with Gasteiger partial charge < -0.3 is 15.1 Å². The molecule has 1 N–H and O–H groups in total. The molecule has 0 radical (unpaired) electrons. The van der Waals surface area contributed by atoms with E-state index < -0.39 is 0 Å². The van der Waals surface area contributed by atoms with E-state index >= 15 is 0 Å². The SMILES string of the molecule is CC(=O)N1CCN(c2ccc(CNC3CC3)cn2)CC1. The van der Waals surface area contributed by atoms with Gasteiger partial charge in [0.15, 0.2) is 0 Å². The summed E-state index contributed by atoms with van der Waals surface area (Å²) in [5.41, 5.74) is 1.24. The number of carbonyl (C=O) groups is 1. The third kappa shape index (κ3) is 3.28. The monoisotopic (exact) mass is 274 g/mol. The minimum Gasteiger partial charge on any atom is -0.353 e. The smallest absolute Gasteiger partial charge is 0.219 e. The fourth-order valence-corrected chi connectivity index (χ4v) is 2.51. The molecular weight excluding hydrogens is 252 g/mol. The van der Waals surface area contributed by atoms with Crippen molar-refractivity contribution in [2.75, 3.05) is 31.1 Å². The molecule has 108 valence electrons. The summed E-state index contributed by atoms with van der Waals surface area (Å²) in [6.07, 6.45) is 4.58.